The average Bonchev–Trinajstić information content (AvgIpc) is 2.89. The SMILES string of the molecule is Cc1cc2c(nc1Br)CCCN2Cc1cc(C(F)(F)F)no1. The van der Waals surface area contributed by atoms with Crippen LogP contribution >= 0.6 is 15.9 Å². The van der Waals surface area contributed by atoms with E-state index in [1.165, 1.54) is 0 Å². The van der Waals surface area contributed by atoms with E-state index >= 15 is 0 Å². The lowest BCUT2D eigenvalue weighted by Gasteiger charge is -2.30. The second-order valence-electron chi connectivity index (χ2n) is 5.26. The van der Waals surface area contributed by atoms with Gasteiger partial charge in [0.15, 0.2) is 11.5 Å². The van der Waals surface area contributed by atoms with Gasteiger partial charge in [0.2, 0.25) is 0 Å². The highest BCUT2D eigenvalue weighted by molar-refractivity contribution is 9.10. The second kappa shape index (κ2) is 5.57. The Kier molecular flexibility index (Phi) is 3.88. The molecule has 8 heteroatoms. The van der Waals surface area contributed by atoms with Gasteiger partial charge in [0.1, 0.15) is 4.60 Å². The number of nitrogens with zero attached hydrogens (tertiary/aromatic N) is 3. The van der Waals surface area contributed by atoms with Crippen molar-refractivity contribution in [1.29, 1.82) is 0 Å². The molecule has 0 spiro atoms. The van der Waals surface area contributed by atoms with Gasteiger partial charge in [-0.25, -0.2) is 4.98 Å². The van der Waals surface area contributed by atoms with Crippen molar-refractivity contribution in [3.8, 4) is 0 Å². The van der Waals surface area contributed by atoms with Crippen LogP contribution in [0.5, 0.6) is 0 Å². The lowest BCUT2D eigenvalue weighted by molar-refractivity contribution is -0.142. The van der Waals surface area contributed by atoms with Gasteiger partial charge in [-0.05, 0) is 47.3 Å². The second-order valence-corrected chi connectivity index (χ2v) is 6.01. The third kappa shape index (κ3) is 2.97. The predicted molar refractivity (Wildman–Crippen MR) is 77.6 cm³/mol. The highest BCUT2D eigenvalue weighted by atomic mass is 79.9. The van der Waals surface area contributed by atoms with Gasteiger partial charge in [-0.3, -0.25) is 0 Å². The summed E-state index contributed by atoms with van der Waals surface area (Å²) in [4.78, 5) is 6.48. The van der Waals surface area contributed by atoms with Crippen molar-refractivity contribution in [1.82, 2.24) is 10.1 Å². The average molecular weight is 376 g/mol. The minimum atomic E-state index is -4.48. The molecule has 0 saturated heterocycles. The summed E-state index contributed by atoms with van der Waals surface area (Å²) in [7, 11) is 0. The molecule has 0 aromatic carbocycles. The van der Waals surface area contributed by atoms with Crippen molar-refractivity contribution in [2.24, 2.45) is 0 Å². The third-order valence-electron chi connectivity index (χ3n) is 3.59. The molecule has 0 fully saturated rings. The molecule has 0 saturated carbocycles. The predicted octanol–water partition coefficient (Wildman–Crippen LogP) is 4.11. The number of alkyl halides is 3. The number of pyridine rings is 1. The summed E-state index contributed by atoms with van der Waals surface area (Å²) in [6, 6.07) is 2.94. The van der Waals surface area contributed by atoms with E-state index < -0.39 is 11.9 Å². The molecule has 2 aromatic heterocycles. The maximum absolute atomic E-state index is 12.6. The maximum Gasteiger partial charge on any atom is 0.436 e. The molecule has 0 aliphatic carbocycles. The molecule has 0 unspecified atom stereocenters. The van der Waals surface area contributed by atoms with Crippen LogP contribution in [0.25, 0.3) is 0 Å². The molecule has 1 aliphatic rings. The van der Waals surface area contributed by atoms with Gasteiger partial charge < -0.3 is 9.42 Å². The van der Waals surface area contributed by atoms with E-state index in [-0.39, 0.29) is 12.3 Å². The van der Waals surface area contributed by atoms with E-state index in [1.807, 2.05) is 17.9 Å². The molecule has 22 heavy (non-hydrogen) atoms. The fraction of sp³-hybridized carbons (Fsp3) is 0.429. The van der Waals surface area contributed by atoms with Crippen LogP contribution in [0, 0.1) is 6.92 Å². The summed E-state index contributed by atoms with van der Waals surface area (Å²) in [5.41, 5.74) is 1.88. The van der Waals surface area contributed by atoms with E-state index in [2.05, 4.69) is 26.1 Å². The smallest absolute Gasteiger partial charge is 0.362 e. The van der Waals surface area contributed by atoms with Crippen LogP contribution in [-0.4, -0.2) is 16.7 Å². The molecule has 0 bridgehead atoms. The lowest BCUT2D eigenvalue weighted by Crippen LogP contribution is -2.29. The Morgan fingerprint density at radius 2 is 2.14 bits per heavy atom. The van der Waals surface area contributed by atoms with Gasteiger partial charge in [-0.2, -0.15) is 13.2 Å². The Balaban J connectivity index is 1.86. The summed E-state index contributed by atoms with van der Waals surface area (Å²) in [6.45, 7) is 2.93. The first kappa shape index (κ1) is 15.3. The minimum absolute atomic E-state index is 0.195. The van der Waals surface area contributed by atoms with Crippen molar-refractivity contribution in [3.05, 3.63) is 39.4 Å². The van der Waals surface area contributed by atoms with Gasteiger partial charge in [-0.15, -0.1) is 0 Å². The lowest BCUT2D eigenvalue weighted by atomic mass is 10.1. The van der Waals surface area contributed by atoms with Gasteiger partial charge in [0.05, 0.1) is 17.9 Å². The molecule has 0 amide bonds. The monoisotopic (exact) mass is 375 g/mol. The van der Waals surface area contributed by atoms with Gasteiger partial charge in [-0.1, -0.05) is 5.16 Å². The summed E-state index contributed by atoms with van der Waals surface area (Å²) in [5, 5.41) is 3.09. The molecule has 118 valence electrons. The fourth-order valence-electron chi connectivity index (χ4n) is 2.50. The minimum Gasteiger partial charge on any atom is -0.362 e. The molecule has 4 nitrogen and oxygen atoms in total. The Morgan fingerprint density at radius 3 is 2.82 bits per heavy atom. The van der Waals surface area contributed by atoms with E-state index in [4.69, 9.17) is 4.52 Å². The molecule has 3 rings (SSSR count). The molecule has 0 N–H and O–H groups in total. The van der Waals surface area contributed by atoms with Crippen molar-refractivity contribution in [3.63, 3.8) is 0 Å². The molecular weight excluding hydrogens is 363 g/mol. The fourth-order valence-corrected chi connectivity index (χ4v) is 2.83. The van der Waals surface area contributed by atoms with Crippen LogP contribution in [0.1, 0.15) is 29.1 Å². The molecule has 0 radical (unpaired) electrons. The zero-order valence-corrected chi connectivity index (χ0v) is 13.3. The molecule has 1 aliphatic heterocycles. The number of anilines is 1. The van der Waals surface area contributed by atoms with Crippen LogP contribution < -0.4 is 4.90 Å². The maximum atomic E-state index is 12.6. The van der Waals surface area contributed by atoms with Crippen molar-refractivity contribution in [2.75, 3.05) is 11.4 Å². The first-order chi connectivity index (χ1) is 10.3. The first-order valence-electron chi connectivity index (χ1n) is 6.78. The molecule has 3 heterocycles. The van der Waals surface area contributed by atoms with E-state index in [9.17, 15) is 13.2 Å². The third-order valence-corrected chi connectivity index (χ3v) is 4.39. The van der Waals surface area contributed by atoms with Gasteiger partial charge >= 0.3 is 6.18 Å². The van der Waals surface area contributed by atoms with Crippen molar-refractivity contribution in [2.45, 2.75) is 32.5 Å². The van der Waals surface area contributed by atoms with Crippen molar-refractivity contribution < 1.29 is 17.7 Å². The Labute approximate surface area is 133 Å². The summed E-state index contributed by atoms with van der Waals surface area (Å²) >= 11 is 3.40. The van der Waals surface area contributed by atoms with E-state index in [0.29, 0.717) is 0 Å². The van der Waals surface area contributed by atoms with Crippen LogP contribution in [0.3, 0.4) is 0 Å². The summed E-state index contributed by atoms with van der Waals surface area (Å²) < 4.78 is 43.3. The number of hydrogen-bond donors (Lipinski definition) is 0. The number of aromatic nitrogens is 2. The van der Waals surface area contributed by atoms with Gasteiger partial charge in [0.25, 0.3) is 0 Å². The molecular formula is C14H13BrF3N3O. The number of aryl methyl sites for hydroxylation is 2. The highest BCUT2D eigenvalue weighted by Crippen LogP contribution is 2.32. The Bertz CT molecular complexity index is 699. The van der Waals surface area contributed by atoms with Crippen LogP contribution in [0.2, 0.25) is 0 Å². The standard InChI is InChI=1S/C14H13BrF3N3O/c1-8-5-11-10(19-13(8)15)3-2-4-21(11)7-9-6-12(20-22-9)14(16,17)18/h5-6H,2-4,7H2,1H3. The summed E-state index contributed by atoms with van der Waals surface area (Å²) in [6.07, 6.45) is -2.73. The summed E-state index contributed by atoms with van der Waals surface area (Å²) in [5.74, 6) is 0.195. The number of hydrogen-bond acceptors (Lipinski definition) is 4. The molecule has 2 aromatic rings. The van der Waals surface area contributed by atoms with Crippen LogP contribution in [0.4, 0.5) is 18.9 Å². The number of fused-ring (bicyclic) bond motifs is 1. The normalized spacial score (nSPS) is 15.0. The van der Waals surface area contributed by atoms with Crippen LogP contribution in [0.15, 0.2) is 21.3 Å². The largest absolute Gasteiger partial charge is 0.436 e. The first-order valence-corrected chi connectivity index (χ1v) is 7.57. The zero-order chi connectivity index (χ0) is 15.9. The zero-order valence-electron chi connectivity index (χ0n) is 11.7. The quantitative estimate of drug-likeness (QED) is 0.740. The topological polar surface area (TPSA) is 42.2 Å². The van der Waals surface area contributed by atoms with E-state index in [0.717, 1.165) is 47.0 Å². The Hall–Kier alpha value is -1.57. The Morgan fingerprint density at radius 1 is 1.36 bits per heavy atom. The van der Waals surface area contributed by atoms with Crippen molar-refractivity contribution >= 4 is 21.6 Å². The van der Waals surface area contributed by atoms with Gasteiger partial charge in [0, 0.05) is 12.6 Å². The number of rotatable bonds is 2. The highest BCUT2D eigenvalue weighted by Gasteiger charge is 2.35. The van der Waals surface area contributed by atoms with E-state index in [1.54, 1.807) is 0 Å². The van der Waals surface area contributed by atoms with Crippen LogP contribution in [-0.2, 0) is 19.1 Å². The number of halogens is 4. The molecule has 0 atom stereocenters.